The number of nitrogens with one attached hydrogen (secondary N) is 2. The van der Waals surface area contributed by atoms with Gasteiger partial charge in [-0.2, -0.15) is 0 Å². The van der Waals surface area contributed by atoms with Gasteiger partial charge in [0.25, 0.3) is 0 Å². The second-order valence-corrected chi connectivity index (χ2v) is 4.40. The standard InChI is InChI=1S/C15H19N3O/c1-2-18-15(19)7-8-16-10-13-11-17-9-12-5-3-4-6-14(12)13/h3-6,9,11,16H,2,7-8,10H2,1H3,(H,18,19). The number of nitrogens with zero attached hydrogens (tertiary/aromatic N) is 1. The number of hydrogen-bond donors (Lipinski definition) is 2. The topological polar surface area (TPSA) is 54.0 Å². The Labute approximate surface area is 113 Å². The molecule has 0 aliphatic rings. The number of carbonyl (C=O) groups is 1. The first-order valence-electron chi connectivity index (χ1n) is 6.60. The van der Waals surface area contributed by atoms with Crippen molar-refractivity contribution in [1.82, 2.24) is 15.6 Å². The summed E-state index contributed by atoms with van der Waals surface area (Å²) in [5.74, 6) is 0.0889. The fraction of sp³-hybridized carbons (Fsp3) is 0.333. The summed E-state index contributed by atoms with van der Waals surface area (Å²) >= 11 is 0. The molecule has 1 amide bonds. The van der Waals surface area contributed by atoms with Crippen molar-refractivity contribution in [1.29, 1.82) is 0 Å². The van der Waals surface area contributed by atoms with Crippen molar-refractivity contribution in [2.45, 2.75) is 19.9 Å². The molecule has 0 radical (unpaired) electrons. The Hall–Kier alpha value is -1.94. The highest BCUT2D eigenvalue weighted by molar-refractivity contribution is 5.84. The Kier molecular flexibility index (Phi) is 4.86. The van der Waals surface area contributed by atoms with E-state index < -0.39 is 0 Å². The smallest absolute Gasteiger partial charge is 0.221 e. The van der Waals surface area contributed by atoms with Crippen molar-refractivity contribution >= 4 is 16.7 Å². The van der Waals surface area contributed by atoms with Crippen LogP contribution in [0.1, 0.15) is 18.9 Å². The SMILES string of the molecule is CCNC(=O)CCNCc1cncc2ccccc12. The fourth-order valence-electron chi connectivity index (χ4n) is 2.03. The zero-order valence-electron chi connectivity index (χ0n) is 11.1. The molecule has 19 heavy (non-hydrogen) atoms. The third kappa shape index (κ3) is 3.76. The first-order valence-corrected chi connectivity index (χ1v) is 6.60. The quantitative estimate of drug-likeness (QED) is 0.777. The zero-order valence-corrected chi connectivity index (χ0v) is 11.1. The lowest BCUT2D eigenvalue weighted by Gasteiger charge is -2.07. The summed E-state index contributed by atoms with van der Waals surface area (Å²) in [6.45, 7) is 4.02. The van der Waals surface area contributed by atoms with E-state index in [1.807, 2.05) is 31.5 Å². The number of hydrogen-bond acceptors (Lipinski definition) is 3. The van der Waals surface area contributed by atoms with Gasteiger partial charge in [0.15, 0.2) is 0 Å². The minimum atomic E-state index is 0.0889. The molecule has 0 spiro atoms. The van der Waals surface area contributed by atoms with Crippen molar-refractivity contribution in [2.75, 3.05) is 13.1 Å². The summed E-state index contributed by atoms with van der Waals surface area (Å²) in [6, 6.07) is 8.19. The van der Waals surface area contributed by atoms with Gasteiger partial charge >= 0.3 is 0 Å². The average molecular weight is 257 g/mol. The van der Waals surface area contributed by atoms with Crippen LogP contribution in [0.25, 0.3) is 10.8 Å². The molecule has 2 aromatic rings. The summed E-state index contributed by atoms with van der Waals surface area (Å²) in [6.07, 6.45) is 4.25. The van der Waals surface area contributed by atoms with Gasteiger partial charge in [-0.1, -0.05) is 24.3 Å². The maximum absolute atomic E-state index is 11.3. The molecular weight excluding hydrogens is 238 g/mol. The number of rotatable bonds is 6. The first kappa shape index (κ1) is 13.5. The lowest BCUT2D eigenvalue weighted by Crippen LogP contribution is -2.27. The second kappa shape index (κ2) is 6.85. The molecular formula is C15H19N3O. The van der Waals surface area contributed by atoms with Crippen LogP contribution in [-0.2, 0) is 11.3 Å². The van der Waals surface area contributed by atoms with Gasteiger partial charge in [0.2, 0.25) is 5.91 Å². The van der Waals surface area contributed by atoms with Crippen LogP contribution in [0, 0.1) is 0 Å². The Balaban J connectivity index is 1.90. The van der Waals surface area contributed by atoms with Crippen LogP contribution in [0.15, 0.2) is 36.7 Å². The van der Waals surface area contributed by atoms with Gasteiger partial charge in [0.05, 0.1) is 0 Å². The van der Waals surface area contributed by atoms with E-state index in [2.05, 4.69) is 27.8 Å². The molecule has 2 rings (SSSR count). The highest BCUT2D eigenvalue weighted by Crippen LogP contribution is 2.16. The van der Waals surface area contributed by atoms with Crippen molar-refractivity contribution in [2.24, 2.45) is 0 Å². The lowest BCUT2D eigenvalue weighted by atomic mass is 10.1. The number of amides is 1. The monoisotopic (exact) mass is 257 g/mol. The van der Waals surface area contributed by atoms with Gasteiger partial charge < -0.3 is 10.6 Å². The molecule has 1 aromatic carbocycles. The lowest BCUT2D eigenvalue weighted by molar-refractivity contribution is -0.120. The molecule has 0 saturated carbocycles. The van der Waals surface area contributed by atoms with Gasteiger partial charge in [-0.15, -0.1) is 0 Å². The average Bonchev–Trinajstić information content (AvgIpc) is 2.44. The third-order valence-corrected chi connectivity index (χ3v) is 2.97. The molecule has 0 saturated heterocycles. The molecule has 2 N–H and O–H groups in total. The molecule has 0 fully saturated rings. The number of pyridine rings is 1. The van der Waals surface area contributed by atoms with Crippen LogP contribution in [0.4, 0.5) is 0 Å². The van der Waals surface area contributed by atoms with Crippen LogP contribution in [0.2, 0.25) is 0 Å². The molecule has 0 aliphatic carbocycles. The molecule has 0 bridgehead atoms. The Morgan fingerprint density at radius 1 is 1.26 bits per heavy atom. The summed E-state index contributed by atoms with van der Waals surface area (Å²) in [5, 5.41) is 8.42. The molecule has 4 nitrogen and oxygen atoms in total. The zero-order chi connectivity index (χ0) is 13.5. The Bertz CT molecular complexity index is 549. The molecule has 1 heterocycles. The maximum Gasteiger partial charge on any atom is 0.221 e. The minimum absolute atomic E-state index is 0.0889. The Morgan fingerprint density at radius 2 is 2.11 bits per heavy atom. The van der Waals surface area contributed by atoms with E-state index in [9.17, 15) is 4.79 Å². The van der Waals surface area contributed by atoms with Crippen molar-refractivity contribution in [3.63, 3.8) is 0 Å². The minimum Gasteiger partial charge on any atom is -0.356 e. The van der Waals surface area contributed by atoms with Gasteiger partial charge in [0.1, 0.15) is 0 Å². The van der Waals surface area contributed by atoms with Gasteiger partial charge in [0, 0.05) is 43.8 Å². The summed E-state index contributed by atoms with van der Waals surface area (Å²) in [4.78, 5) is 15.5. The normalized spacial score (nSPS) is 10.6. The van der Waals surface area contributed by atoms with E-state index in [1.54, 1.807) is 0 Å². The first-order chi connectivity index (χ1) is 9.31. The van der Waals surface area contributed by atoms with E-state index in [1.165, 1.54) is 5.39 Å². The van der Waals surface area contributed by atoms with Crippen LogP contribution in [0.3, 0.4) is 0 Å². The van der Waals surface area contributed by atoms with Crippen LogP contribution < -0.4 is 10.6 Å². The molecule has 0 unspecified atom stereocenters. The second-order valence-electron chi connectivity index (χ2n) is 4.40. The van der Waals surface area contributed by atoms with Crippen LogP contribution in [-0.4, -0.2) is 24.0 Å². The van der Waals surface area contributed by atoms with Gasteiger partial charge in [-0.05, 0) is 17.9 Å². The molecule has 4 heteroatoms. The van der Waals surface area contributed by atoms with Crippen LogP contribution >= 0.6 is 0 Å². The predicted octanol–water partition coefficient (Wildman–Crippen LogP) is 1.85. The van der Waals surface area contributed by atoms with Crippen molar-refractivity contribution in [3.05, 3.63) is 42.2 Å². The third-order valence-electron chi connectivity index (χ3n) is 2.97. The maximum atomic E-state index is 11.3. The van der Waals surface area contributed by atoms with E-state index in [0.29, 0.717) is 19.5 Å². The van der Waals surface area contributed by atoms with Crippen molar-refractivity contribution < 1.29 is 4.79 Å². The summed E-state index contributed by atoms with van der Waals surface area (Å²) in [5.41, 5.74) is 1.16. The number of carbonyl (C=O) groups excluding carboxylic acids is 1. The predicted molar refractivity (Wildman–Crippen MR) is 76.8 cm³/mol. The highest BCUT2D eigenvalue weighted by atomic mass is 16.1. The van der Waals surface area contributed by atoms with Gasteiger partial charge in [-0.3, -0.25) is 9.78 Å². The molecule has 0 atom stereocenters. The van der Waals surface area contributed by atoms with Gasteiger partial charge in [-0.25, -0.2) is 0 Å². The fourth-order valence-corrected chi connectivity index (χ4v) is 2.03. The van der Waals surface area contributed by atoms with E-state index in [-0.39, 0.29) is 5.91 Å². The number of benzene rings is 1. The van der Waals surface area contributed by atoms with Crippen LogP contribution in [0.5, 0.6) is 0 Å². The number of aromatic nitrogens is 1. The largest absolute Gasteiger partial charge is 0.356 e. The summed E-state index contributed by atoms with van der Waals surface area (Å²) in [7, 11) is 0. The molecule has 0 aliphatic heterocycles. The molecule has 1 aromatic heterocycles. The van der Waals surface area contributed by atoms with E-state index in [4.69, 9.17) is 0 Å². The Morgan fingerprint density at radius 3 is 2.95 bits per heavy atom. The van der Waals surface area contributed by atoms with E-state index in [0.717, 1.165) is 17.5 Å². The summed E-state index contributed by atoms with van der Waals surface area (Å²) < 4.78 is 0. The number of fused-ring (bicyclic) bond motifs is 1. The van der Waals surface area contributed by atoms with Crippen molar-refractivity contribution in [3.8, 4) is 0 Å². The van der Waals surface area contributed by atoms with E-state index >= 15 is 0 Å². The highest BCUT2D eigenvalue weighted by Gasteiger charge is 2.02. The molecule has 100 valence electrons.